The summed E-state index contributed by atoms with van der Waals surface area (Å²) in [4.78, 5) is 4.34. The van der Waals surface area contributed by atoms with E-state index in [0.717, 1.165) is 25.1 Å². The van der Waals surface area contributed by atoms with Gasteiger partial charge in [-0.15, -0.1) is 0 Å². The minimum absolute atomic E-state index is 0.0243. The number of halogens is 1. The van der Waals surface area contributed by atoms with Gasteiger partial charge in [0.2, 0.25) is 0 Å². The third-order valence-corrected chi connectivity index (χ3v) is 3.12. The Hall–Kier alpha value is -0.880. The maximum absolute atomic E-state index is 6.22. The Morgan fingerprint density at radius 3 is 2.80 bits per heavy atom. The monoisotopic (exact) mass is 301 g/mol. The SMILES string of the molecule is CCCNCc1cnc(NCC(COC)OC)c(Cl)c1. The molecule has 0 fully saturated rings. The molecule has 1 atom stereocenters. The lowest BCUT2D eigenvalue weighted by Gasteiger charge is -2.16. The van der Waals surface area contributed by atoms with E-state index in [1.54, 1.807) is 14.2 Å². The number of methoxy groups -OCH3 is 2. The molecule has 20 heavy (non-hydrogen) atoms. The number of nitrogens with one attached hydrogen (secondary N) is 2. The van der Waals surface area contributed by atoms with Crippen molar-refractivity contribution in [3.05, 3.63) is 22.8 Å². The highest BCUT2D eigenvalue weighted by Gasteiger charge is 2.09. The van der Waals surface area contributed by atoms with Gasteiger partial charge >= 0.3 is 0 Å². The largest absolute Gasteiger partial charge is 0.382 e. The summed E-state index contributed by atoms with van der Waals surface area (Å²) >= 11 is 6.22. The highest BCUT2D eigenvalue weighted by Crippen LogP contribution is 2.20. The van der Waals surface area contributed by atoms with Crippen molar-refractivity contribution < 1.29 is 9.47 Å². The van der Waals surface area contributed by atoms with Gasteiger partial charge in [0.1, 0.15) is 5.82 Å². The van der Waals surface area contributed by atoms with E-state index in [4.69, 9.17) is 21.1 Å². The third kappa shape index (κ3) is 6.05. The number of hydrogen-bond donors (Lipinski definition) is 2. The molecular formula is C14H24ClN3O2. The predicted octanol–water partition coefficient (Wildman–Crippen LogP) is 2.31. The molecule has 0 radical (unpaired) electrons. The smallest absolute Gasteiger partial charge is 0.144 e. The van der Waals surface area contributed by atoms with Crippen LogP contribution in [0.2, 0.25) is 5.02 Å². The fraction of sp³-hybridized carbons (Fsp3) is 0.643. The van der Waals surface area contributed by atoms with Gasteiger partial charge in [-0.05, 0) is 24.6 Å². The van der Waals surface area contributed by atoms with Crippen LogP contribution in [0.4, 0.5) is 5.82 Å². The molecule has 5 nitrogen and oxygen atoms in total. The van der Waals surface area contributed by atoms with Gasteiger partial charge in [-0.25, -0.2) is 4.98 Å². The first-order chi connectivity index (χ1) is 9.71. The number of nitrogens with zero attached hydrogens (tertiary/aromatic N) is 1. The van der Waals surface area contributed by atoms with Crippen LogP contribution in [0.25, 0.3) is 0 Å². The zero-order chi connectivity index (χ0) is 14.8. The van der Waals surface area contributed by atoms with Gasteiger partial charge < -0.3 is 20.1 Å². The van der Waals surface area contributed by atoms with Gasteiger partial charge in [0.25, 0.3) is 0 Å². The number of ether oxygens (including phenoxy) is 2. The molecule has 0 aromatic carbocycles. The van der Waals surface area contributed by atoms with Crippen LogP contribution in [0.3, 0.4) is 0 Å². The van der Waals surface area contributed by atoms with E-state index in [1.807, 2.05) is 12.3 Å². The second kappa shape index (κ2) is 9.94. The molecule has 1 aromatic rings. The average Bonchev–Trinajstić information content (AvgIpc) is 2.45. The molecule has 1 aromatic heterocycles. The number of aromatic nitrogens is 1. The molecule has 2 N–H and O–H groups in total. The number of hydrogen-bond acceptors (Lipinski definition) is 5. The van der Waals surface area contributed by atoms with Crippen LogP contribution in [0, 0.1) is 0 Å². The third-order valence-electron chi connectivity index (χ3n) is 2.84. The Labute approximate surface area is 126 Å². The van der Waals surface area contributed by atoms with Gasteiger partial charge in [-0.3, -0.25) is 0 Å². The van der Waals surface area contributed by atoms with Gasteiger partial charge in [-0.2, -0.15) is 0 Å². The maximum Gasteiger partial charge on any atom is 0.144 e. The van der Waals surface area contributed by atoms with E-state index in [9.17, 15) is 0 Å². The van der Waals surface area contributed by atoms with E-state index in [-0.39, 0.29) is 6.10 Å². The Bertz CT molecular complexity index is 391. The molecule has 0 saturated carbocycles. The van der Waals surface area contributed by atoms with Gasteiger partial charge in [0, 0.05) is 33.5 Å². The Morgan fingerprint density at radius 2 is 2.20 bits per heavy atom. The van der Waals surface area contributed by atoms with Crippen LogP contribution in [0.15, 0.2) is 12.3 Å². The molecule has 0 bridgehead atoms. The minimum Gasteiger partial charge on any atom is -0.382 e. The zero-order valence-electron chi connectivity index (χ0n) is 12.4. The predicted molar refractivity (Wildman–Crippen MR) is 82.4 cm³/mol. The molecule has 0 aliphatic rings. The van der Waals surface area contributed by atoms with Crippen LogP contribution in [0.5, 0.6) is 0 Å². The summed E-state index contributed by atoms with van der Waals surface area (Å²) in [6.07, 6.45) is 2.91. The van der Waals surface area contributed by atoms with E-state index < -0.39 is 0 Å². The molecular weight excluding hydrogens is 278 g/mol. The van der Waals surface area contributed by atoms with E-state index >= 15 is 0 Å². The van der Waals surface area contributed by atoms with Crippen LogP contribution in [0.1, 0.15) is 18.9 Å². The molecule has 0 spiro atoms. The van der Waals surface area contributed by atoms with Crippen molar-refractivity contribution in [2.45, 2.75) is 26.0 Å². The summed E-state index contributed by atoms with van der Waals surface area (Å²) < 4.78 is 10.3. The van der Waals surface area contributed by atoms with Crippen molar-refractivity contribution in [1.82, 2.24) is 10.3 Å². The first-order valence-electron chi connectivity index (χ1n) is 6.82. The van der Waals surface area contributed by atoms with E-state index in [0.29, 0.717) is 24.0 Å². The van der Waals surface area contributed by atoms with Crippen LogP contribution in [-0.2, 0) is 16.0 Å². The maximum atomic E-state index is 6.22. The molecule has 0 amide bonds. The second-order valence-corrected chi connectivity index (χ2v) is 4.95. The van der Waals surface area contributed by atoms with Crippen LogP contribution >= 0.6 is 11.6 Å². The van der Waals surface area contributed by atoms with Crippen LogP contribution in [-0.4, -0.2) is 45.0 Å². The molecule has 0 saturated heterocycles. The standard InChI is InChI=1S/C14H24ClN3O2/c1-4-5-16-7-11-6-13(15)14(17-8-11)18-9-12(20-3)10-19-2/h6,8,12,16H,4-5,7,9-10H2,1-3H3,(H,17,18). The molecule has 0 aliphatic carbocycles. The molecule has 114 valence electrons. The first-order valence-corrected chi connectivity index (χ1v) is 7.19. The summed E-state index contributed by atoms with van der Waals surface area (Å²) in [5.74, 6) is 0.670. The average molecular weight is 302 g/mol. The van der Waals surface area contributed by atoms with Crippen molar-refractivity contribution in [2.24, 2.45) is 0 Å². The molecule has 1 unspecified atom stereocenters. The fourth-order valence-electron chi connectivity index (χ4n) is 1.72. The number of pyridine rings is 1. The van der Waals surface area contributed by atoms with E-state index in [2.05, 4.69) is 22.5 Å². The zero-order valence-corrected chi connectivity index (χ0v) is 13.2. The van der Waals surface area contributed by atoms with Crippen molar-refractivity contribution >= 4 is 17.4 Å². The lowest BCUT2D eigenvalue weighted by atomic mass is 10.2. The second-order valence-electron chi connectivity index (χ2n) is 4.54. The lowest BCUT2D eigenvalue weighted by Crippen LogP contribution is -2.27. The lowest BCUT2D eigenvalue weighted by molar-refractivity contribution is 0.0365. The van der Waals surface area contributed by atoms with Gasteiger partial charge in [0.15, 0.2) is 0 Å². The number of rotatable bonds is 10. The highest BCUT2D eigenvalue weighted by molar-refractivity contribution is 6.32. The van der Waals surface area contributed by atoms with Crippen molar-refractivity contribution in [3.63, 3.8) is 0 Å². The summed E-state index contributed by atoms with van der Waals surface area (Å²) in [6.45, 7) is 5.04. The fourth-order valence-corrected chi connectivity index (χ4v) is 1.98. The van der Waals surface area contributed by atoms with Crippen molar-refractivity contribution in [3.8, 4) is 0 Å². The molecule has 6 heteroatoms. The highest BCUT2D eigenvalue weighted by atomic mass is 35.5. The quantitative estimate of drug-likeness (QED) is 0.650. The summed E-state index contributed by atoms with van der Waals surface area (Å²) in [7, 11) is 3.30. The summed E-state index contributed by atoms with van der Waals surface area (Å²) in [6, 6.07) is 1.93. The van der Waals surface area contributed by atoms with Crippen LogP contribution < -0.4 is 10.6 Å². The Morgan fingerprint density at radius 1 is 1.40 bits per heavy atom. The minimum atomic E-state index is -0.0243. The Balaban J connectivity index is 2.50. The molecule has 0 aliphatic heterocycles. The van der Waals surface area contributed by atoms with E-state index in [1.165, 1.54) is 0 Å². The van der Waals surface area contributed by atoms with Crippen molar-refractivity contribution in [2.75, 3.05) is 39.2 Å². The van der Waals surface area contributed by atoms with Gasteiger partial charge in [-0.1, -0.05) is 18.5 Å². The molecule has 1 heterocycles. The topological polar surface area (TPSA) is 55.4 Å². The van der Waals surface area contributed by atoms with Gasteiger partial charge in [0.05, 0.1) is 17.7 Å². The normalized spacial score (nSPS) is 12.4. The summed E-state index contributed by atoms with van der Waals surface area (Å²) in [5.41, 5.74) is 1.08. The first kappa shape index (κ1) is 17.2. The number of anilines is 1. The summed E-state index contributed by atoms with van der Waals surface area (Å²) in [5, 5.41) is 7.11. The Kier molecular flexibility index (Phi) is 8.53. The molecule has 1 rings (SSSR count). The van der Waals surface area contributed by atoms with Crippen molar-refractivity contribution in [1.29, 1.82) is 0 Å².